The van der Waals surface area contributed by atoms with Crippen molar-refractivity contribution >= 4 is 5.91 Å². The predicted octanol–water partition coefficient (Wildman–Crippen LogP) is 1.01. The third-order valence-corrected chi connectivity index (χ3v) is 3.66. The van der Waals surface area contributed by atoms with Crippen LogP contribution in [-0.2, 0) is 9.53 Å². The van der Waals surface area contributed by atoms with Gasteiger partial charge < -0.3 is 9.64 Å². The fraction of sp³-hybridized carbons (Fsp3) is 0.727. The highest BCUT2D eigenvalue weighted by Gasteiger charge is 2.41. The first-order valence-electron chi connectivity index (χ1n) is 5.39. The molecule has 1 saturated carbocycles. The van der Waals surface area contributed by atoms with Gasteiger partial charge in [-0.05, 0) is 24.7 Å². The predicted molar refractivity (Wildman–Crippen MR) is 51.4 cm³/mol. The van der Waals surface area contributed by atoms with Crippen LogP contribution >= 0.6 is 0 Å². The second-order valence-corrected chi connectivity index (χ2v) is 4.53. The summed E-state index contributed by atoms with van der Waals surface area (Å²) < 4.78 is 5.20. The molecule has 3 unspecified atom stereocenters. The van der Waals surface area contributed by atoms with E-state index < -0.39 is 0 Å². The van der Waals surface area contributed by atoms with Crippen molar-refractivity contribution < 1.29 is 9.53 Å². The highest BCUT2D eigenvalue weighted by Crippen LogP contribution is 2.44. The van der Waals surface area contributed by atoms with Crippen LogP contribution in [0, 0.1) is 17.8 Å². The van der Waals surface area contributed by atoms with Gasteiger partial charge in [-0.1, -0.05) is 12.2 Å². The number of ether oxygens (including phenoxy) is 1. The summed E-state index contributed by atoms with van der Waals surface area (Å²) >= 11 is 0. The zero-order valence-electron chi connectivity index (χ0n) is 8.19. The van der Waals surface area contributed by atoms with Crippen molar-refractivity contribution in [2.75, 3.05) is 19.9 Å². The molecule has 0 aromatic carbocycles. The van der Waals surface area contributed by atoms with Crippen molar-refractivity contribution in [1.29, 1.82) is 0 Å². The van der Waals surface area contributed by atoms with Crippen molar-refractivity contribution in [3.05, 3.63) is 12.2 Å². The molecule has 14 heavy (non-hydrogen) atoms. The number of nitrogens with zero attached hydrogens (tertiary/aromatic N) is 1. The first-order chi connectivity index (χ1) is 6.84. The van der Waals surface area contributed by atoms with E-state index in [-0.39, 0.29) is 5.92 Å². The zero-order valence-corrected chi connectivity index (χ0v) is 8.19. The van der Waals surface area contributed by atoms with Gasteiger partial charge in [-0.2, -0.15) is 0 Å². The summed E-state index contributed by atoms with van der Waals surface area (Å²) in [4.78, 5) is 13.9. The molecule has 76 valence electrons. The number of fused-ring (bicyclic) bond motifs is 2. The van der Waals surface area contributed by atoms with Gasteiger partial charge in [0.05, 0.1) is 6.61 Å². The van der Waals surface area contributed by atoms with E-state index in [0.717, 1.165) is 13.0 Å². The molecule has 2 aliphatic carbocycles. The van der Waals surface area contributed by atoms with Crippen LogP contribution in [0.2, 0.25) is 0 Å². The monoisotopic (exact) mass is 193 g/mol. The van der Waals surface area contributed by atoms with Crippen LogP contribution in [0.3, 0.4) is 0 Å². The number of rotatable bonds is 1. The SMILES string of the molecule is O=C(C1CC2C=CC1C2)N1CCOC1. The van der Waals surface area contributed by atoms with Crippen molar-refractivity contribution in [1.82, 2.24) is 4.90 Å². The van der Waals surface area contributed by atoms with Crippen molar-refractivity contribution in [2.24, 2.45) is 17.8 Å². The van der Waals surface area contributed by atoms with Crippen LogP contribution in [0.1, 0.15) is 12.8 Å². The van der Waals surface area contributed by atoms with Gasteiger partial charge in [-0.25, -0.2) is 0 Å². The molecule has 0 spiro atoms. The number of hydrogen-bond acceptors (Lipinski definition) is 2. The molecule has 0 aromatic rings. The van der Waals surface area contributed by atoms with Crippen LogP contribution < -0.4 is 0 Å². The Morgan fingerprint density at radius 1 is 1.36 bits per heavy atom. The molecule has 1 saturated heterocycles. The van der Waals surface area contributed by atoms with Crippen LogP contribution in [0.4, 0.5) is 0 Å². The van der Waals surface area contributed by atoms with E-state index in [4.69, 9.17) is 4.74 Å². The summed E-state index contributed by atoms with van der Waals surface area (Å²) in [6.45, 7) is 2.01. The summed E-state index contributed by atoms with van der Waals surface area (Å²) in [6.07, 6.45) is 6.77. The minimum atomic E-state index is 0.256. The molecular formula is C11H15NO2. The van der Waals surface area contributed by atoms with E-state index in [9.17, 15) is 4.79 Å². The maximum Gasteiger partial charge on any atom is 0.228 e. The molecule has 3 aliphatic rings. The van der Waals surface area contributed by atoms with E-state index in [2.05, 4.69) is 12.2 Å². The molecule has 0 aromatic heterocycles. The van der Waals surface area contributed by atoms with Crippen LogP contribution in [0.5, 0.6) is 0 Å². The largest absolute Gasteiger partial charge is 0.359 e. The summed E-state index contributed by atoms with van der Waals surface area (Å²) in [7, 11) is 0. The Morgan fingerprint density at radius 3 is 2.86 bits per heavy atom. The fourth-order valence-electron chi connectivity index (χ4n) is 2.89. The van der Waals surface area contributed by atoms with Gasteiger partial charge in [0.15, 0.2) is 0 Å². The minimum Gasteiger partial charge on any atom is -0.359 e. The lowest BCUT2D eigenvalue weighted by Gasteiger charge is -2.22. The third-order valence-electron chi connectivity index (χ3n) is 3.66. The number of amides is 1. The van der Waals surface area contributed by atoms with Crippen LogP contribution in [0.25, 0.3) is 0 Å². The van der Waals surface area contributed by atoms with Crippen molar-refractivity contribution in [3.63, 3.8) is 0 Å². The number of hydrogen-bond donors (Lipinski definition) is 0. The lowest BCUT2D eigenvalue weighted by Crippen LogP contribution is -2.35. The summed E-state index contributed by atoms with van der Waals surface area (Å²) in [5.74, 6) is 1.77. The van der Waals surface area contributed by atoms with E-state index >= 15 is 0 Å². The van der Waals surface area contributed by atoms with Gasteiger partial charge >= 0.3 is 0 Å². The smallest absolute Gasteiger partial charge is 0.228 e. The Hall–Kier alpha value is -0.830. The van der Waals surface area contributed by atoms with Gasteiger partial charge in [-0.3, -0.25) is 4.79 Å². The number of allylic oxidation sites excluding steroid dienone is 2. The molecule has 1 amide bonds. The Morgan fingerprint density at radius 2 is 2.29 bits per heavy atom. The second kappa shape index (κ2) is 3.09. The minimum absolute atomic E-state index is 0.256. The van der Waals surface area contributed by atoms with Crippen molar-refractivity contribution in [2.45, 2.75) is 12.8 Å². The molecule has 0 N–H and O–H groups in total. The summed E-state index contributed by atoms with van der Waals surface area (Å²) in [6, 6.07) is 0. The van der Waals surface area contributed by atoms with Gasteiger partial charge in [0, 0.05) is 12.5 Å². The van der Waals surface area contributed by atoms with Gasteiger partial charge in [-0.15, -0.1) is 0 Å². The third kappa shape index (κ3) is 1.19. The van der Waals surface area contributed by atoms with Gasteiger partial charge in [0.25, 0.3) is 0 Å². The van der Waals surface area contributed by atoms with E-state index in [1.165, 1.54) is 6.42 Å². The molecule has 2 bridgehead atoms. The maximum absolute atomic E-state index is 12.0. The maximum atomic E-state index is 12.0. The first kappa shape index (κ1) is 8.48. The van der Waals surface area contributed by atoms with Gasteiger partial charge in [0.2, 0.25) is 5.91 Å². The standard InChI is InChI=1S/C11H15NO2/c13-11(12-3-4-14-7-12)10-6-8-1-2-9(10)5-8/h1-2,8-10H,3-7H2. The van der Waals surface area contributed by atoms with E-state index in [1.807, 2.05) is 4.90 Å². The molecule has 3 nitrogen and oxygen atoms in total. The molecule has 3 heteroatoms. The molecule has 2 fully saturated rings. The fourth-order valence-corrected chi connectivity index (χ4v) is 2.89. The Labute approximate surface area is 83.7 Å². The summed E-state index contributed by atoms with van der Waals surface area (Å²) in [5, 5.41) is 0. The Kier molecular flexibility index (Phi) is 1.87. The quantitative estimate of drug-likeness (QED) is 0.582. The Bertz CT molecular complexity index is 281. The van der Waals surface area contributed by atoms with Crippen molar-refractivity contribution in [3.8, 4) is 0 Å². The molecule has 0 radical (unpaired) electrons. The number of carbonyl (C=O) groups excluding carboxylic acids is 1. The highest BCUT2D eigenvalue weighted by atomic mass is 16.5. The molecular weight excluding hydrogens is 178 g/mol. The number of carbonyl (C=O) groups is 1. The Balaban J connectivity index is 1.71. The molecule has 3 atom stereocenters. The lowest BCUT2D eigenvalue weighted by atomic mass is 9.92. The zero-order chi connectivity index (χ0) is 9.54. The average molecular weight is 193 g/mol. The normalized spacial score (nSPS) is 39.7. The first-order valence-corrected chi connectivity index (χ1v) is 5.39. The molecule has 1 aliphatic heterocycles. The summed E-state index contributed by atoms with van der Waals surface area (Å²) in [5.41, 5.74) is 0. The highest BCUT2D eigenvalue weighted by molar-refractivity contribution is 5.80. The topological polar surface area (TPSA) is 29.5 Å². The van der Waals surface area contributed by atoms with Crippen LogP contribution in [-0.4, -0.2) is 30.7 Å². The molecule has 3 rings (SSSR count). The van der Waals surface area contributed by atoms with Gasteiger partial charge in [0.1, 0.15) is 6.73 Å². The second-order valence-electron chi connectivity index (χ2n) is 4.53. The molecule has 1 heterocycles. The van der Waals surface area contributed by atoms with E-state index in [0.29, 0.717) is 31.1 Å². The average Bonchev–Trinajstić information content (AvgIpc) is 2.93. The van der Waals surface area contributed by atoms with Crippen LogP contribution in [0.15, 0.2) is 12.2 Å². The van der Waals surface area contributed by atoms with E-state index in [1.54, 1.807) is 0 Å². The lowest BCUT2D eigenvalue weighted by molar-refractivity contribution is -0.136.